The molecule has 1 N–H and O–H groups in total. The van der Waals surface area contributed by atoms with Crippen LogP contribution < -0.4 is 14.8 Å². The molecule has 1 unspecified atom stereocenters. The Balaban J connectivity index is 1.57. The molecule has 1 aliphatic rings. The molecule has 1 heterocycles. The van der Waals surface area contributed by atoms with Crippen molar-refractivity contribution in [2.45, 2.75) is 32.4 Å². The van der Waals surface area contributed by atoms with Gasteiger partial charge in [-0.15, -0.1) is 0 Å². The SMILES string of the molecule is COc1ccc(OC)c(C(C)NC(=O)C2CCN(Cc3c(Cl)cccc3Cl)CC2)c1. The van der Waals surface area contributed by atoms with E-state index in [4.69, 9.17) is 32.7 Å². The maximum absolute atomic E-state index is 12.9. The molecule has 1 saturated heterocycles. The van der Waals surface area contributed by atoms with Gasteiger partial charge in [0.1, 0.15) is 11.5 Å². The van der Waals surface area contributed by atoms with Crippen molar-refractivity contribution in [3.05, 3.63) is 57.6 Å². The van der Waals surface area contributed by atoms with Crippen molar-refractivity contribution < 1.29 is 14.3 Å². The molecule has 7 heteroatoms. The fourth-order valence-electron chi connectivity index (χ4n) is 3.85. The van der Waals surface area contributed by atoms with E-state index in [9.17, 15) is 4.79 Å². The number of carbonyl (C=O) groups excluding carboxylic acids is 1. The lowest BCUT2D eigenvalue weighted by atomic mass is 9.94. The van der Waals surface area contributed by atoms with Gasteiger partial charge in [-0.25, -0.2) is 0 Å². The van der Waals surface area contributed by atoms with E-state index in [2.05, 4.69) is 10.2 Å². The third kappa shape index (κ3) is 5.39. The summed E-state index contributed by atoms with van der Waals surface area (Å²) < 4.78 is 10.8. The van der Waals surface area contributed by atoms with Crippen molar-refractivity contribution in [2.24, 2.45) is 5.92 Å². The summed E-state index contributed by atoms with van der Waals surface area (Å²) in [4.78, 5) is 15.2. The van der Waals surface area contributed by atoms with E-state index in [1.54, 1.807) is 14.2 Å². The molecule has 2 aromatic rings. The second kappa shape index (κ2) is 10.4. The largest absolute Gasteiger partial charge is 0.497 e. The van der Waals surface area contributed by atoms with Gasteiger partial charge < -0.3 is 14.8 Å². The minimum atomic E-state index is -0.178. The predicted molar refractivity (Wildman–Crippen MR) is 121 cm³/mol. The highest BCUT2D eigenvalue weighted by Gasteiger charge is 2.27. The first-order valence-electron chi connectivity index (χ1n) is 10.1. The van der Waals surface area contributed by atoms with Crippen LogP contribution in [0.25, 0.3) is 0 Å². The Morgan fingerprint density at radius 1 is 1.13 bits per heavy atom. The Morgan fingerprint density at radius 3 is 2.40 bits per heavy atom. The maximum atomic E-state index is 12.9. The van der Waals surface area contributed by atoms with E-state index in [1.165, 1.54) is 0 Å². The zero-order valence-electron chi connectivity index (χ0n) is 17.6. The van der Waals surface area contributed by atoms with E-state index >= 15 is 0 Å². The van der Waals surface area contributed by atoms with Gasteiger partial charge >= 0.3 is 0 Å². The smallest absolute Gasteiger partial charge is 0.223 e. The highest BCUT2D eigenvalue weighted by Crippen LogP contribution is 2.31. The van der Waals surface area contributed by atoms with Crippen molar-refractivity contribution in [1.82, 2.24) is 10.2 Å². The number of hydrogen-bond acceptors (Lipinski definition) is 4. The number of nitrogens with zero attached hydrogens (tertiary/aromatic N) is 1. The zero-order chi connectivity index (χ0) is 21.7. The molecule has 3 rings (SSSR count). The van der Waals surface area contributed by atoms with Gasteiger partial charge in [-0.1, -0.05) is 29.3 Å². The molecule has 0 aliphatic carbocycles. The molecule has 2 aromatic carbocycles. The second-order valence-electron chi connectivity index (χ2n) is 7.59. The first kappa shape index (κ1) is 22.7. The van der Waals surface area contributed by atoms with Gasteiger partial charge in [-0.05, 0) is 63.2 Å². The van der Waals surface area contributed by atoms with E-state index in [0.29, 0.717) is 16.6 Å². The maximum Gasteiger partial charge on any atom is 0.223 e. The monoisotopic (exact) mass is 450 g/mol. The molecule has 0 bridgehead atoms. The molecule has 1 atom stereocenters. The summed E-state index contributed by atoms with van der Waals surface area (Å²) in [6.45, 7) is 4.32. The van der Waals surface area contributed by atoms with Gasteiger partial charge in [0.05, 0.1) is 20.3 Å². The van der Waals surface area contributed by atoms with Crippen molar-refractivity contribution in [2.75, 3.05) is 27.3 Å². The molecule has 1 aliphatic heterocycles. The summed E-state index contributed by atoms with van der Waals surface area (Å²) in [6, 6.07) is 11.0. The number of hydrogen-bond donors (Lipinski definition) is 1. The van der Waals surface area contributed by atoms with Crippen molar-refractivity contribution in [3.8, 4) is 11.5 Å². The Labute approximate surface area is 188 Å². The molecule has 0 aromatic heterocycles. The Morgan fingerprint density at radius 2 is 1.80 bits per heavy atom. The van der Waals surface area contributed by atoms with Gasteiger partial charge in [0.15, 0.2) is 0 Å². The Kier molecular flexibility index (Phi) is 7.87. The number of piperidine rings is 1. The van der Waals surface area contributed by atoms with Crippen LogP contribution in [-0.4, -0.2) is 38.1 Å². The minimum Gasteiger partial charge on any atom is -0.497 e. The number of rotatable bonds is 7. The first-order chi connectivity index (χ1) is 14.4. The van der Waals surface area contributed by atoms with Gasteiger partial charge in [-0.3, -0.25) is 9.69 Å². The number of nitrogens with one attached hydrogen (secondary N) is 1. The molecule has 0 radical (unpaired) electrons. The quantitative estimate of drug-likeness (QED) is 0.637. The summed E-state index contributed by atoms with van der Waals surface area (Å²) in [7, 11) is 3.25. The van der Waals surface area contributed by atoms with Crippen LogP contribution in [0.15, 0.2) is 36.4 Å². The topological polar surface area (TPSA) is 50.8 Å². The molecule has 1 amide bonds. The highest BCUT2D eigenvalue weighted by molar-refractivity contribution is 6.35. The van der Waals surface area contributed by atoms with Crippen LogP contribution in [0.4, 0.5) is 0 Å². The molecule has 0 spiro atoms. The standard InChI is InChI=1S/C23H28Cl2N2O3/c1-15(18-13-17(29-2)7-8-22(18)30-3)26-23(28)16-9-11-27(12-10-16)14-19-20(24)5-4-6-21(19)25/h4-8,13,15-16H,9-12,14H2,1-3H3,(H,26,28). The lowest BCUT2D eigenvalue weighted by Gasteiger charge is -2.32. The number of methoxy groups -OCH3 is 2. The fraction of sp³-hybridized carbons (Fsp3) is 0.435. The van der Waals surface area contributed by atoms with Crippen LogP contribution >= 0.6 is 23.2 Å². The number of benzene rings is 2. The lowest BCUT2D eigenvalue weighted by Crippen LogP contribution is -2.41. The second-order valence-corrected chi connectivity index (χ2v) is 8.40. The average molecular weight is 451 g/mol. The van der Waals surface area contributed by atoms with Crippen LogP contribution in [0.2, 0.25) is 10.0 Å². The third-order valence-electron chi connectivity index (χ3n) is 5.66. The third-order valence-corrected chi connectivity index (χ3v) is 6.37. The number of likely N-dealkylation sites (tertiary alicyclic amines) is 1. The molecular formula is C23H28Cl2N2O3. The van der Waals surface area contributed by atoms with Crippen LogP contribution in [0, 0.1) is 5.92 Å². The van der Waals surface area contributed by atoms with Gasteiger partial charge in [-0.2, -0.15) is 0 Å². The van der Waals surface area contributed by atoms with Gasteiger partial charge in [0.25, 0.3) is 0 Å². The molecule has 5 nitrogen and oxygen atoms in total. The number of carbonyl (C=O) groups is 1. The zero-order valence-corrected chi connectivity index (χ0v) is 19.1. The normalized spacial score (nSPS) is 16.2. The van der Waals surface area contributed by atoms with Crippen LogP contribution in [-0.2, 0) is 11.3 Å². The number of halogens is 2. The molecule has 1 fully saturated rings. The minimum absolute atomic E-state index is 0.0120. The number of ether oxygens (including phenoxy) is 2. The van der Waals surface area contributed by atoms with Gasteiger partial charge in [0, 0.05) is 33.6 Å². The van der Waals surface area contributed by atoms with Gasteiger partial charge in [0.2, 0.25) is 5.91 Å². The van der Waals surface area contributed by atoms with Crippen molar-refractivity contribution in [3.63, 3.8) is 0 Å². The molecule has 30 heavy (non-hydrogen) atoms. The van der Waals surface area contributed by atoms with E-state index in [-0.39, 0.29) is 17.9 Å². The van der Waals surface area contributed by atoms with E-state index in [0.717, 1.165) is 48.6 Å². The fourth-order valence-corrected chi connectivity index (χ4v) is 4.36. The highest BCUT2D eigenvalue weighted by atomic mass is 35.5. The van der Waals surface area contributed by atoms with Crippen molar-refractivity contribution in [1.29, 1.82) is 0 Å². The Bertz CT molecular complexity index is 862. The predicted octanol–water partition coefficient (Wildman–Crippen LogP) is 5.10. The molecule has 162 valence electrons. The molecular weight excluding hydrogens is 423 g/mol. The van der Waals surface area contributed by atoms with E-state index < -0.39 is 0 Å². The van der Waals surface area contributed by atoms with Crippen molar-refractivity contribution >= 4 is 29.1 Å². The lowest BCUT2D eigenvalue weighted by molar-refractivity contribution is -0.127. The summed E-state index contributed by atoms with van der Waals surface area (Å²) in [5.74, 6) is 1.53. The van der Waals surface area contributed by atoms with Crippen LogP contribution in [0.3, 0.4) is 0 Å². The average Bonchev–Trinajstić information content (AvgIpc) is 2.76. The summed E-state index contributed by atoms with van der Waals surface area (Å²) >= 11 is 12.6. The number of amides is 1. The summed E-state index contributed by atoms with van der Waals surface area (Å²) in [6.07, 6.45) is 1.60. The first-order valence-corrected chi connectivity index (χ1v) is 10.9. The van der Waals surface area contributed by atoms with Crippen LogP contribution in [0.1, 0.15) is 36.9 Å². The Hall–Kier alpha value is -1.95. The molecule has 0 saturated carbocycles. The van der Waals surface area contributed by atoms with Crippen LogP contribution in [0.5, 0.6) is 11.5 Å². The summed E-state index contributed by atoms with van der Waals surface area (Å²) in [5.41, 5.74) is 1.85. The van der Waals surface area contributed by atoms with E-state index in [1.807, 2.05) is 43.3 Å². The summed E-state index contributed by atoms with van der Waals surface area (Å²) in [5, 5.41) is 4.51.